The van der Waals surface area contributed by atoms with Crippen LogP contribution in [-0.2, 0) is 0 Å². The highest BCUT2D eigenvalue weighted by molar-refractivity contribution is 7.09. The normalized spacial score (nSPS) is 21.4. The standard InChI is InChI=1S/C15H17FN2OS/c1-3-17-12-7-15(13-8-20-9(2)18-13)19-14-6-10(16)4-5-11(12)14/h4-6,8,12,15,17H,3,7H2,1-2H3. The van der Waals surface area contributed by atoms with Gasteiger partial charge in [-0.25, -0.2) is 9.37 Å². The average molecular weight is 292 g/mol. The van der Waals surface area contributed by atoms with Gasteiger partial charge in [-0.2, -0.15) is 0 Å². The van der Waals surface area contributed by atoms with E-state index in [2.05, 4.69) is 17.2 Å². The van der Waals surface area contributed by atoms with Crippen LogP contribution in [0.15, 0.2) is 23.6 Å². The van der Waals surface area contributed by atoms with Gasteiger partial charge in [-0.3, -0.25) is 0 Å². The number of hydrogen-bond acceptors (Lipinski definition) is 4. The third kappa shape index (κ3) is 2.55. The highest BCUT2D eigenvalue weighted by Gasteiger charge is 2.30. The molecule has 0 spiro atoms. The fourth-order valence-corrected chi connectivity index (χ4v) is 3.24. The van der Waals surface area contributed by atoms with E-state index in [0.29, 0.717) is 5.75 Å². The number of benzene rings is 1. The second-order valence-corrected chi connectivity index (χ2v) is 5.99. The van der Waals surface area contributed by atoms with E-state index in [4.69, 9.17) is 4.74 Å². The van der Waals surface area contributed by atoms with Crippen molar-refractivity contribution in [3.8, 4) is 5.75 Å². The molecule has 2 heterocycles. The van der Waals surface area contributed by atoms with Crippen LogP contribution in [0.5, 0.6) is 5.75 Å². The minimum atomic E-state index is -0.269. The molecular weight excluding hydrogens is 275 g/mol. The molecule has 2 unspecified atom stereocenters. The Morgan fingerprint density at radius 1 is 1.50 bits per heavy atom. The van der Waals surface area contributed by atoms with Gasteiger partial charge in [0.05, 0.1) is 10.7 Å². The highest BCUT2D eigenvalue weighted by atomic mass is 32.1. The summed E-state index contributed by atoms with van der Waals surface area (Å²) in [6, 6.07) is 4.93. The van der Waals surface area contributed by atoms with E-state index in [-0.39, 0.29) is 18.0 Å². The van der Waals surface area contributed by atoms with E-state index in [1.165, 1.54) is 12.1 Å². The number of aromatic nitrogens is 1. The summed E-state index contributed by atoms with van der Waals surface area (Å²) in [6.45, 7) is 4.91. The molecule has 1 aliphatic heterocycles. The van der Waals surface area contributed by atoms with Crippen LogP contribution in [0, 0.1) is 12.7 Å². The number of aryl methyl sites for hydroxylation is 1. The molecule has 3 rings (SSSR count). The highest BCUT2D eigenvalue weighted by Crippen LogP contribution is 2.41. The number of thiazole rings is 1. The molecule has 1 aromatic heterocycles. The molecule has 0 amide bonds. The van der Waals surface area contributed by atoms with Crippen molar-refractivity contribution in [3.63, 3.8) is 0 Å². The number of ether oxygens (including phenoxy) is 1. The summed E-state index contributed by atoms with van der Waals surface area (Å²) >= 11 is 1.61. The summed E-state index contributed by atoms with van der Waals surface area (Å²) in [4.78, 5) is 4.50. The van der Waals surface area contributed by atoms with Crippen molar-refractivity contribution in [2.24, 2.45) is 0 Å². The van der Waals surface area contributed by atoms with Crippen LogP contribution in [0.25, 0.3) is 0 Å². The molecular formula is C15H17FN2OS. The number of hydrogen-bond donors (Lipinski definition) is 1. The molecule has 1 aliphatic rings. The number of rotatable bonds is 3. The van der Waals surface area contributed by atoms with Crippen molar-refractivity contribution >= 4 is 11.3 Å². The van der Waals surface area contributed by atoms with E-state index in [9.17, 15) is 4.39 Å². The average Bonchev–Trinajstić information content (AvgIpc) is 2.85. The minimum absolute atomic E-state index is 0.113. The zero-order valence-corrected chi connectivity index (χ0v) is 12.3. The Labute approximate surface area is 121 Å². The lowest BCUT2D eigenvalue weighted by Crippen LogP contribution is -2.29. The summed E-state index contributed by atoms with van der Waals surface area (Å²) in [7, 11) is 0. The van der Waals surface area contributed by atoms with E-state index in [0.717, 1.165) is 29.2 Å². The molecule has 2 aromatic rings. The molecule has 2 atom stereocenters. The van der Waals surface area contributed by atoms with Crippen molar-refractivity contribution in [3.05, 3.63) is 45.7 Å². The molecule has 0 radical (unpaired) electrons. The zero-order valence-electron chi connectivity index (χ0n) is 11.5. The monoisotopic (exact) mass is 292 g/mol. The lowest BCUT2D eigenvalue weighted by Gasteiger charge is -2.32. The summed E-state index contributed by atoms with van der Waals surface area (Å²) in [5.41, 5.74) is 1.96. The molecule has 0 fully saturated rings. The van der Waals surface area contributed by atoms with Crippen molar-refractivity contribution < 1.29 is 9.13 Å². The zero-order chi connectivity index (χ0) is 14.1. The third-order valence-corrected chi connectivity index (χ3v) is 4.28. The number of nitrogens with zero attached hydrogens (tertiary/aromatic N) is 1. The third-order valence-electron chi connectivity index (χ3n) is 3.49. The van der Waals surface area contributed by atoms with Gasteiger partial charge in [0.25, 0.3) is 0 Å². The molecule has 0 bridgehead atoms. The molecule has 0 saturated carbocycles. The van der Waals surface area contributed by atoms with E-state index >= 15 is 0 Å². The van der Waals surface area contributed by atoms with Crippen LogP contribution < -0.4 is 10.1 Å². The lowest BCUT2D eigenvalue weighted by molar-refractivity contribution is 0.148. The molecule has 1 aromatic carbocycles. The van der Waals surface area contributed by atoms with Gasteiger partial charge in [-0.05, 0) is 19.5 Å². The molecule has 0 aliphatic carbocycles. The number of nitrogens with one attached hydrogen (secondary N) is 1. The summed E-state index contributed by atoms with van der Waals surface area (Å²) in [5, 5.41) is 6.48. The predicted octanol–water partition coefficient (Wildman–Crippen LogP) is 3.77. The van der Waals surface area contributed by atoms with Crippen LogP contribution in [0.1, 0.15) is 41.8 Å². The number of halogens is 1. The van der Waals surface area contributed by atoms with Crippen LogP contribution in [-0.4, -0.2) is 11.5 Å². The van der Waals surface area contributed by atoms with E-state index in [1.807, 2.05) is 12.3 Å². The minimum Gasteiger partial charge on any atom is -0.484 e. The molecule has 20 heavy (non-hydrogen) atoms. The van der Waals surface area contributed by atoms with Gasteiger partial charge in [0.15, 0.2) is 0 Å². The van der Waals surface area contributed by atoms with Crippen molar-refractivity contribution in [1.82, 2.24) is 10.3 Å². The maximum absolute atomic E-state index is 13.4. The topological polar surface area (TPSA) is 34.2 Å². The van der Waals surface area contributed by atoms with Crippen LogP contribution in [0.2, 0.25) is 0 Å². The van der Waals surface area contributed by atoms with Gasteiger partial charge in [0, 0.05) is 29.5 Å². The van der Waals surface area contributed by atoms with Gasteiger partial charge in [-0.15, -0.1) is 11.3 Å². The van der Waals surface area contributed by atoms with Crippen molar-refractivity contribution in [1.29, 1.82) is 0 Å². The van der Waals surface area contributed by atoms with Crippen molar-refractivity contribution in [2.45, 2.75) is 32.4 Å². The quantitative estimate of drug-likeness (QED) is 0.935. The molecule has 106 valence electrons. The second kappa shape index (κ2) is 5.50. The largest absolute Gasteiger partial charge is 0.484 e. The lowest BCUT2D eigenvalue weighted by atomic mass is 9.95. The summed E-state index contributed by atoms with van der Waals surface area (Å²) < 4.78 is 19.4. The SMILES string of the molecule is CCNC1CC(c2csc(C)n2)Oc2cc(F)ccc21. The second-order valence-electron chi connectivity index (χ2n) is 4.93. The van der Waals surface area contributed by atoms with E-state index in [1.54, 1.807) is 17.4 Å². The maximum atomic E-state index is 13.4. The Kier molecular flexibility index (Phi) is 3.72. The molecule has 5 heteroatoms. The molecule has 3 nitrogen and oxygen atoms in total. The van der Waals surface area contributed by atoms with Crippen LogP contribution in [0.4, 0.5) is 4.39 Å². The first kappa shape index (κ1) is 13.5. The van der Waals surface area contributed by atoms with Crippen LogP contribution >= 0.6 is 11.3 Å². The first-order valence-electron chi connectivity index (χ1n) is 6.79. The Hall–Kier alpha value is -1.46. The van der Waals surface area contributed by atoms with Gasteiger partial charge in [0.1, 0.15) is 17.7 Å². The van der Waals surface area contributed by atoms with Gasteiger partial charge >= 0.3 is 0 Å². The van der Waals surface area contributed by atoms with Gasteiger partial charge in [-0.1, -0.05) is 13.0 Å². The first-order chi connectivity index (χ1) is 9.67. The van der Waals surface area contributed by atoms with E-state index < -0.39 is 0 Å². The number of fused-ring (bicyclic) bond motifs is 1. The molecule has 1 N–H and O–H groups in total. The Bertz CT molecular complexity index is 614. The Morgan fingerprint density at radius 3 is 3.05 bits per heavy atom. The maximum Gasteiger partial charge on any atom is 0.143 e. The Morgan fingerprint density at radius 2 is 2.35 bits per heavy atom. The van der Waals surface area contributed by atoms with Gasteiger partial charge in [0.2, 0.25) is 0 Å². The van der Waals surface area contributed by atoms with Crippen LogP contribution in [0.3, 0.4) is 0 Å². The van der Waals surface area contributed by atoms with Gasteiger partial charge < -0.3 is 10.1 Å². The Balaban J connectivity index is 1.94. The molecule has 0 saturated heterocycles. The first-order valence-corrected chi connectivity index (χ1v) is 7.67. The van der Waals surface area contributed by atoms with Crippen molar-refractivity contribution in [2.75, 3.05) is 6.54 Å². The fourth-order valence-electron chi connectivity index (χ4n) is 2.59. The predicted molar refractivity (Wildman–Crippen MR) is 77.7 cm³/mol. The summed E-state index contributed by atoms with van der Waals surface area (Å²) in [5.74, 6) is 0.354. The smallest absolute Gasteiger partial charge is 0.143 e. The fraction of sp³-hybridized carbons (Fsp3) is 0.400. The summed E-state index contributed by atoms with van der Waals surface area (Å²) in [6.07, 6.45) is 0.702.